The molecule has 0 bridgehead atoms. The largest absolute Gasteiger partial charge is 0.464 e. The van der Waals surface area contributed by atoms with Crippen molar-refractivity contribution in [1.29, 1.82) is 0 Å². The summed E-state index contributed by atoms with van der Waals surface area (Å²) in [6.07, 6.45) is 1.94. The summed E-state index contributed by atoms with van der Waals surface area (Å²) in [6.45, 7) is 4.02. The molecule has 90 valence electrons. The third-order valence-corrected chi connectivity index (χ3v) is 3.01. The van der Waals surface area contributed by atoms with Gasteiger partial charge in [-0.25, -0.2) is 4.79 Å². The maximum atomic E-state index is 12.0. The number of rotatable bonds is 3. The van der Waals surface area contributed by atoms with Gasteiger partial charge < -0.3 is 15.0 Å². The Morgan fingerprint density at radius 3 is 2.81 bits per heavy atom. The lowest BCUT2D eigenvalue weighted by Crippen LogP contribution is -2.57. The summed E-state index contributed by atoms with van der Waals surface area (Å²) in [4.78, 5) is 25.4. The number of esters is 1. The minimum Gasteiger partial charge on any atom is -0.464 e. The fraction of sp³-hybridized carbons (Fsp3) is 0.818. The second-order valence-electron chi connectivity index (χ2n) is 4.28. The monoisotopic (exact) mass is 226 g/mol. The van der Waals surface area contributed by atoms with E-state index >= 15 is 0 Å². The molecule has 1 atom stereocenters. The van der Waals surface area contributed by atoms with Crippen molar-refractivity contribution >= 4 is 11.9 Å². The number of carbonyl (C=O) groups is 2. The third kappa shape index (κ3) is 2.35. The standard InChI is InChI=1S/C11H18N2O3/c1-2-16-11(15)9-7-12-5-6-13(9)10(14)8-3-4-8/h8-9,12H,2-7H2,1H3. The minimum absolute atomic E-state index is 0.125. The molecule has 1 amide bonds. The Morgan fingerprint density at radius 2 is 2.19 bits per heavy atom. The van der Waals surface area contributed by atoms with E-state index < -0.39 is 6.04 Å². The normalized spacial score (nSPS) is 25.3. The van der Waals surface area contributed by atoms with Crippen LogP contribution in [0.1, 0.15) is 19.8 Å². The van der Waals surface area contributed by atoms with Gasteiger partial charge in [0.05, 0.1) is 6.61 Å². The molecule has 0 aromatic heterocycles. The van der Waals surface area contributed by atoms with Crippen LogP contribution < -0.4 is 5.32 Å². The SMILES string of the molecule is CCOC(=O)C1CNCCN1C(=O)C1CC1. The summed E-state index contributed by atoms with van der Waals surface area (Å²) < 4.78 is 4.99. The molecule has 2 rings (SSSR count). The topological polar surface area (TPSA) is 58.6 Å². The third-order valence-electron chi connectivity index (χ3n) is 3.01. The molecule has 1 aliphatic carbocycles. The quantitative estimate of drug-likeness (QED) is 0.675. The Morgan fingerprint density at radius 1 is 1.44 bits per heavy atom. The van der Waals surface area contributed by atoms with Crippen LogP contribution in [-0.2, 0) is 14.3 Å². The fourth-order valence-corrected chi connectivity index (χ4v) is 1.98. The Labute approximate surface area is 95.1 Å². The fourth-order valence-electron chi connectivity index (χ4n) is 1.98. The number of carbonyl (C=O) groups excluding carboxylic acids is 2. The molecule has 0 spiro atoms. The molecule has 2 aliphatic rings. The van der Waals surface area contributed by atoms with Crippen LogP contribution in [0.15, 0.2) is 0 Å². The average molecular weight is 226 g/mol. The first-order valence-electron chi connectivity index (χ1n) is 5.92. The van der Waals surface area contributed by atoms with Gasteiger partial charge in [0.25, 0.3) is 0 Å². The summed E-state index contributed by atoms with van der Waals surface area (Å²) in [6, 6.07) is -0.429. The van der Waals surface area contributed by atoms with Crippen molar-refractivity contribution in [2.24, 2.45) is 5.92 Å². The first-order valence-corrected chi connectivity index (χ1v) is 5.92. The maximum Gasteiger partial charge on any atom is 0.330 e. The van der Waals surface area contributed by atoms with E-state index in [4.69, 9.17) is 4.74 Å². The Hall–Kier alpha value is -1.10. The van der Waals surface area contributed by atoms with Crippen molar-refractivity contribution in [2.45, 2.75) is 25.8 Å². The summed E-state index contributed by atoms with van der Waals surface area (Å²) in [5.74, 6) is -0.00159. The molecular formula is C11H18N2O3. The molecule has 0 aromatic rings. The number of nitrogens with zero attached hydrogens (tertiary/aromatic N) is 1. The van der Waals surface area contributed by atoms with E-state index in [0.717, 1.165) is 19.4 Å². The van der Waals surface area contributed by atoms with Crippen LogP contribution in [0.2, 0.25) is 0 Å². The van der Waals surface area contributed by atoms with Crippen molar-refractivity contribution in [1.82, 2.24) is 10.2 Å². The lowest BCUT2D eigenvalue weighted by molar-refractivity contribution is -0.156. The Balaban J connectivity index is 2.00. The van der Waals surface area contributed by atoms with Gasteiger partial charge in [-0.05, 0) is 19.8 Å². The zero-order valence-electron chi connectivity index (χ0n) is 9.57. The molecule has 5 heteroatoms. The molecule has 1 unspecified atom stereocenters. The van der Waals surface area contributed by atoms with E-state index in [0.29, 0.717) is 19.7 Å². The summed E-state index contributed by atoms with van der Waals surface area (Å²) in [7, 11) is 0. The zero-order chi connectivity index (χ0) is 11.5. The van der Waals surface area contributed by atoms with Crippen LogP contribution in [-0.4, -0.2) is 49.1 Å². The summed E-state index contributed by atoms with van der Waals surface area (Å²) in [5, 5.41) is 3.12. The zero-order valence-corrected chi connectivity index (χ0v) is 9.57. The van der Waals surface area contributed by atoms with Gasteiger partial charge in [0.1, 0.15) is 6.04 Å². The highest BCUT2D eigenvalue weighted by Crippen LogP contribution is 2.31. The predicted molar refractivity (Wildman–Crippen MR) is 57.7 cm³/mol. The summed E-state index contributed by atoms with van der Waals surface area (Å²) in [5.41, 5.74) is 0. The minimum atomic E-state index is -0.429. The van der Waals surface area contributed by atoms with Crippen molar-refractivity contribution < 1.29 is 14.3 Å². The van der Waals surface area contributed by atoms with Gasteiger partial charge >= 0.3 is 5.97 Å². The number of nitrogens with one attached hydrogen (secondary N) is 1. The van der Waals surface area contributed by atoms with E-state index in [2.05, 4.69) is 5.32 Å². The average Bonchev–Trinajstić information content (AvgIpc) is 3.12. The van der Waals surface area contributed by atoms with Gasteiger partial charge in [-0.3, -0.25) is 4.79 Å². The van der Waals surface area contributed by atoms with Crippen LogP contribution in [0.4, 0.5) is 0 Å². The second kappa shape index (κ2) is 4.82. The maximum absolute atomic E-state index is 12.0. The summed E-state index contributed by atoms with van der Waals surface area (Å²) >= 11 is 0. The van der Waals surface area contributed by atoms with E-state index in [9.17, 15) is 9.59 Å². The molecule has 1 aliphatic heterocycles. The molecule has 0 radical (unpaired) electrons. The molecule has 2 fully saturated rings. The van der Waals surface area contributed by atoms with Gasteiger partial charge in [0.15, 0.2) is 0 Å². The van der Waals surface area contributed by atoms with Crippen molar-refractivity contribution in [3.8, 4) is 0 Å². The first-order chi connectivity index (χ1) is 7.74. The molecule has 5 nitrogen and oxygen atoms in total. The van der Waals surface area contributed by atoms with Crippen LogP contribution >= 0.6 is 0 Å². The number of hydrogen-bond donors (Lipinski definition) is 1. The van der Waals surface area contributed by atoms with E-state index in [1.165, 1.54) is 0 Å². The lowest BCUT2D eigenvalue weighted by Gasteiger charge is -2.34. The smallest absolute Gasteiger partial charge is 0.330 e. The predicted octanol–water partition coefficient (Wildman–Crippen LogP) is -0.240. The van der Waals surface area contributed by atoms with Crippen LogP contribution in [0, 0.1) is 5.92 Å². The highest BCUT2D eigenvalue weighted by Gasteiger charge is 2.40. The van der Waals surface area contributed by atoms with Gasteiger partial charge in [-0.2, -0.15) is 0 Å². The number of piperazine rings is 1. The highest BCUT2D eigenvalue weighted by molar-refractivity contribution is 5.87. The highest BCUT2D eigenvalue weighted by atomic mass is 16.5. The molecule has 1 saturated heterocycles. The van der Waals surface area contributed by atoms with E-state index in [1.807, 2.05) is 0 Å². The first kappa shape index (κ1) is 11.4. The Kier molecular flexibility index (Phi) is 3.43. The number of amides is 1. The van der Waals surface area contributed by atoms with Gasteiger partial charge in [0.2, 0.25) is 5.91 Å². The van der Waals surface area contributed by atoms with Gasteiger partial charge in [0, 0.05) is 25.6 Å². The molecular weight excluding hydrogens is 208 g/mol. The Bertz CT molecular complexity index is 289. The van der Waals surface area contributed by atoms with E-state index in [-0.39, 0.29) is 17.8 Å². The molecule has 16 heavy (non-hydrogen) atoms. The number of hydrogen-bond acceptors (Lipinski definition) is 4. The second-order valence-corrected chi connectivity index (χ2v) is 4.28. The van der Waals surface area contributed by atoms with Crippen LogP contribution in [0.3, 0.4) is 0 Å². The van der Waals surface area contributed by atoms with Crippen LogP contribution in [0.5, 0.6) is 0 Å². The lowest BCUT2D eigenvalue weighted by atomic mass is 10.1. The van der Waals surface area contributed by atoms with Gasteiger partial charge in [-0.1, -0.05) is 0 Å². The molecule has 1 N–H and O–H groups in total. The van der Waals surface area contributed by atoms with Gasteiger partial charge in [-0.15, -0.1) is 0 Å². The van der Waals surface area contributed by atoms with Crippen LogP contribution in [0.25, 0.3) is 0 Å². The molecule has 1 heterocycles. The van der Waals surface area contributed by atoms with Crippen molar-refractivity contribution in [3.05, 3.63) is 0 Å². The van der Waals surface area contributed by atoms with Crippen molar-refractivity contribution in [3.63, 3.8) is 0 Å². The van der Waals surface area contributed by atoms with Crippen molar-refractivity contribution in [2.75, 3.05) is 26.2 Å². The van der Waals surface area contributed by atoms with E-state index in [1.54, 1.807) is 11.8 Å². The molecule has 1 saturated carbocycles. The number of ether oxygens (including phenoxy) is 1. The molecule has 0 aromatic carbocycles.